The van der Waals surface area contributed by atoms with Gasteiger partial charge in [0.25, 0.3) is 0 Å². The van der Waals surface area contributed by atoms with Crippen LogP contribution in [-0.2, 0) is 0 Å². The van der Waals surface area contributed by atoms with Gasteiger partial charge in [-0.2, -0.15) is 0 Å². The number of urea groups is 1. The van der Waals surface area contributed by atoms with E-state index in [9.17, 15) is 4.79 Å². The van der Waals surface area contributed by atoms with Gasteiger partial charge in [-0.25, -0.2) is 4.79 Å². The van der Waals surface area contributed by atoms with Crippen LogP contribution in [0.3, 0.4) is 0 Å². The average molecular weight is 227 g/mol. The molecule has 0 aromatic carbocycles. The van der Waals surface area contributed by atoms with Crippen molar-refractivity contribution in [3.05, 3.63) is 0 Å². The minimum atomic E-state index is -0.160. The van der Waals surface area contributed by atoms with E-state index < -0.39 is 0 Å². The number of piperazine rings is 1. The fourth-order valence-corrected chi connectivity index (χ4v) is 1.97. The van der Waals surface area contributed by atoms with Crippen molar-refractivity contribution in [1.82, 2.24) is 15.1 Å². The molecule has 94 valence electrons. The second-order valence-corrected chi connectivity index (χ2v) is 5.95. The van der Waals surface area contributed by atoms with E-state index in [0.29, 0.717) is 12.1 Å². The minimum absolute atomic E-state index is 0.0549. The molecule has 1 N–H and O–H groups in total. The Balaban J connectivity index is 2.58. The molecule has 1 rings (SSSR count). The fourth-order valence-electron chi connectivity index (χ4n) is 1.97. The Bertz CT molecular complexity index is 247. The molecule has 1 aliphatic heterocycles. The molecule has 0 aromatic rings. The normalized spacial score (nSPS) is 28.0. The van der Waals surface area contributed by atoms with Gasteiger partial charge in [0.1, 0.15) is 0 Å². The molecule has 0 saturated carbocycles. The second kappa shape index (κ2) is 4.62. The predicted molar refractivity (Wildman–Crippen MR) is 66.5 cm³/mol. The lowest BCUT2D eigenvalue weighted by Crippen LogP contribution is -2.60. The van der Waals surface area contributed by atoms with Gasteiger partial charge < -0.3 is 10.2 Å². The van der Waals surface area contributed by atoms with E-state index in [2.05, 4.69) is 31.1 Å². The molecular weight excluding hydrogens is 202 g/mol. The number of likely N-dealkylation sites (N-methyl/N-ethyl adjacent to an activating group) is 1. The lowest BCUT2D eigenvalue weighted by atomic mass is 10.1. The summed E-state index contributed by atoms with van der Waals surface area (Å²) in [6, 6.07) is 0.906. The number of nitrogens with one attached hydrogen (secondary N) is 1. The van der Waals surface area contributed by atoms with E-state index in [-0.39, 0.29) is 11.6 Å². The standard InChI is InChI=1S/C12H25N3O/c1-9-7-15(8-10(2)14(9)6)11(16)13-12(3,4)5/h9-10H,7-8H2,1-6H3,(H,13,16). The van der Waals surface area contributed by atoms with Crippen molar-refractivity contribution in [3.8, 4) is 0 Å². The summed E-state index contributed by atoms with van der Waals surface area (Å²) < 4.78 is 0. The molecule has 2 atom stereocenters. The molecule has 1 saturated heterocycles. The number of rotatable bonds is 0. The van der Waals surface area contributed by atoms with Crippen molar-refractivity contribution in [2.75, 3.05) is 20.1 Å². The fraction of sp³-hybridized carbons (Fsp3) is 0.917. The highest BCUT2D eigenvalue weighted by Crippen LogP contribution is 2.14. The largest absolute Gasteiger partial charge is 0.333 e. The number of amides is 2. The molecular formula is C12H25N3O. The van der Waals surface area contributed by atoms with Crippen LogP contribution in [-0.4, -0.2) is 53.6 Å². The highest BCUT2D eigenvalue weighted by atomic mass is 16.2. The number of carbonyl (C=O) groups excluding carboxylic acids is 1. The van der Waals surface area contributed by atoms with Gasteiger partial charge in [0.15, 0.2) is 0 Å². The zero-order valence-corrected chi connectivity index (χ0v) is 11.4. The van der Waals surface area contributed by atoms with Crippen LogP contribution in [0.2, 0.25) is 0 Å². The van der Waals surface area contributed by atoms with Crippen molar-refractivity contribution in [2.24, 2.45) is 0 Å². The SMILES string of the molecule is CC1CN(C(=O)NC(C)(C)C)CC(C)N1C. The molecule has 0 spiro atoms. The number of hydrogen-bond donors (Lipinski definition) is 1. The number of nitrogens with zero attached hydrogens (tertiary/aromatic N) is 2. The van der Waals surface area contributed by atoms with Crippen LogP contribution in [0.5, 0.6) is 0 Å². The van der Waals surface area contributed by atoms with Gasteiger partial charge in [0.2, 0.25) is 0 Å². The quantitative estimate of drug-likeness (QED) is 0.681. The number of hydrogen-bond acceptors (Lipinski definition) is 2. The first kappa shape index (κ1) is 13.3. The third-order valence-corrected chi connectivity index (χ3v) is 3.13. The van der Waals surface area contributed by atoms with Gasteiger partial charge in [-0.1, -0.05) is 0 Å². The third-order valence-electron chi connectivity index (χ3n) is 3.13. The Morgan fingerprint density at radius 2 is 1.62 bits per heavy atom. The van der Waals surface area contributed by atoms with Crippen LogP contribution >= 0.6 is 0 Å². The van der Waals surface area contributed by atoms with Crippen LogP contribution in [0, 0.1) is 0 Å². The van der Waals surface area contributed by atoms with Gasteiger partial charge in [-0.15, -0.1) is 0 Å². The molecule has 1 fully saturated rings. The molecule has 0 aliphatic carbocycles. The van der Waals surface area contributed by atoms with Crippen LogP contribution < -0.4 is 5.32 Å². The smallest absolute Gasteiger partial charge is 0.317 e. The summed E-state index contributed by atoms with van der Waals surface area (Å²) in [5.41, 5.74) is -0.160. The zero-order chi connectivity index (χ0) is 12.5. The summed E-state index contributed by atoms with van der Waals surface area (Å²) >= 11 is 0. The monoisotopic (exact) mass is 227 g/mol. The summed E-state index contributed by atoms with van der Waals surface area (Å²) in [6.07, 6.45) is 0. The van der Waals surface area contributed by atoms with Crippen molar-refractivity contribution < 1.29 is 4.79 Å². The van der Waals surface area contributed by atoms with Crippen LogP contribution in [0.4, 0.5) is 4.79 Å². The third kappa shape index (κ3) is 3.37. The molecule has 0 aromatic heterocycles. The van der Waals surface area contributed by atoms with Gasteiger partial charge >= 0.3 is 6.03 Å². The first-order valence-electron chi connectivity index (χ1n) is 5.99. The van der Waals surface area contributed by atoms with E-state index in [0.717, 1.165) is 13.1 Å². The first-order valence-corrected chi connectivity index (χ1v) is 5.99. The van der Waals surface area contributed by atoms with Crippen molar-refractivity contribution in [2.45, 2.75) is 52.2 Å². The van der Waals surface area contributed by atoms with Crippen molar-refractivity contribution >= 4 is 6.03 Å². The Kier molecular flexibility index (Phi) is 3.84. The summed E-state index contributed by atoms with van der Waals surface area (Å²) in [5.74, 6) is 0. The van der Waals surface area contributed by atoms with Gasteiger partial charge in [0, 0.05) is 30.7 Å². The summed E-state index contributed by atoms with van der Waals surface area (Å²) in [5, 5.41) is 3.01. The maximum absolute atomic E-state index is 12.0. The lowest BCUT2D eigenvalue weighted by molar-refractivity contribution is 0.0748. The predicted octanol–water partition coefficient (Wildman–Crippen LogP) is 1.52. The highest BCUT2D eigenvalue weighted by molar-refractivity contribution is 5.75. The second-order valence-electron chi connectivity index (χ2n) is 5.95. The first-order chi connectivity index (χ1) is 7.20. The van der Waals surface area contributed by atoms with E-state index in [4.69, 9.17) is 0 Å². The average Bonchev–Trinajstić information content (AvgIpc) is 2.10. The van der Waals surface area contributed by atoms with Crippen LogP contribution in [0.25, 0.3) is 0 Å². The van der Waals surface area contributed by atoms with Gasteiger partial charge in [0.05, 0.1) is 0 Å². The summed E-state index contributed by atoms with van der Waals surface area (Å²) in [7, 11) is 2.12. The Morgan fingerprint density at radius 3 is 2.00 bits per heavy atom. The maximum Gasteiger partial charge on any atom is 0.317 e. The van der Waals surface area contributed by atoms with Crippen molar-refractivity contribution in [1.29, 1.82) is 0 Å². The number of carbonyl (C=O) groups is 1. The van der Waals surface area contributed by atoms with Crippen LogP contribution in [0.1, 0.15) is 34.6 Å². The van der Waals surface area contributed by atoms with Crippen LogP contribution in [0.15, 0.2) is 0 Å². The van der Waals surface area contributed by atoms with Crippen molar-refractivity contribution in [3.63, 3.8) is 0 Å². The molecule has 2 unspecified atom stereocenters. The Labute approximate surface area is 99.0 Å². The minimum Gasteiger partial charge on any atom is -0.333 e. The summed E-state index contributed by atoms with van der Waals surface area (Å²) in [4.78, 5) is 16.2. The van der Waals surface area contributed by atoms with Gasteiger partial charge in [-0.3, -0.25) is 4.90 Å². The molecule has 2 amide bonds. The highest BCUT2D eigenvalue weighted by Gasteiger charge is 2.30. The van der Waals surface area contributed by atoms with Gasteiger partial charge in [-0.05, 0) is 41.7 Å². The molecule has 4 nitrogen and oxygen atoms in total. The lowest BCUT2D eigenvalue weighted by Gasteiger charge is -2.43. The molecule has 0 bridgehead atoms. The van der Waals surface area contributed by atoms with E-state index >= 15 is 0 Å². The molecule has 0 radical (unpaired) electrons. The zero-order valence-electron chi connectivity index (χ0n) is 11.4. The molecule has 1 aliphatic rings. The van der Waals surface area contributed by atoms with E-state index in [1.54, 1.807) is 0 Å². The van der Waals surface area contributed by atoms with E-state index in [1.165, 1.54) is 0 Å². The molecule has 4 heteroatoms. The molecule has 1 heterocycles. The maximum atomic E-state index is 12.0. The molecule has 16 heavy (non-hydrogen) atoms. The van der Waals surface area contributed by atoms with E-state index in [1.807, 2.05) is 25.7 Å². The summed E-state index contributed by atoms with van der Waals surface area (Å²) in [6.45, 7) is 12.0. The Hall–Kier alpha value is -0.770. The topological polar surface area (TPSA) is 35.6 Å². The Morgan fingerprint density at radius 1 is 1.19 bits per heavy atom.